The first-order valence-corrected chi connectivity index (χ1v) is 8.54. The van der Waals surface area contributed by atoms with Crippen LogP contribution in [0.4, 0.5) is 0 Å². The highest BCUT2D eigenvalue weighted by Gasteiger charge is 2.50. The zero-order chi connectivity index (χ0) is 18.0. The van der Waals surface area contributed by atoms with Gasteiger partial charge in [-0.15, -0.1) is 0 Å². The molecule has 2 saturated heterocycles. The fourth-order valence-electron chi connectivity index (χ4n) is 3.50. The van der Waals surface area contributed by atoms with Crippen LogP contribution in [0.5, 0.6) is 11.8 Å². The van der Waals surface area contributed by atoms with Gasteiger partial charge in [0.25, 0.3) is 5.91 Å². The molecule has 2 fully saturated rings. The molecule has 2 aliphatic heterocycles. The number of likely N-dealkylation sites (tertiary alicyclic amines) is 1. The van der Waals surface area contributed by atoms with Crippen molar-refractivity contribution >= 4 is 5.91 Å². The van der Waals surface area contributed by atoms with Crippen LogP contribution in [0.2, 0.25) is 0 Å². The lowest BCUT2D eigenvalue weighted by atomic mass is 9.84. The van der Waals surface area contributed by atoms with E-state index in [0.29, 0.717) is 37.0 Å². The van der Waals surface area contributed by atoms with E-state index in [1.165, 1.54) is 7.11 Å². The minimum absolute atomic E-state index is 0.00521. The quantitative estimate of drug-likeness (QED) is 0.817. The largest absolute Gasteiger partial charge is 0.480 e. The summed E-state index contributed by atoms with van der Waals surface area (Å²) in [5, 5.41) is 0. The van der Waals surface area contributed by atoms with Gasteiger partial charge in [0.15, 0.2) is 0 Å². The molecule has 0 aliphatic carbocycles. The zero-order valence-electron chi connectivity index (χ0n) is 14.5. The number of rotatable bonds is 4. The average Bonchev–Trinajstić information content (AvgIpc) is 2.66. The van der Waals surface area contributed by atoms with Gasteiger partial charge in [-0.25, -0.2) is 9.97 Å². The normalized spacial score (nSPS) is 21.1. The van der Waals surface area contributed by atoms with Crippen molar-refractivity contribution in [2.24, 2.45) is 0 Å². The number of methoxy groups -OCH3 is 1. The standard InChI is InChI=1S/C18H20N4O4/c1-24-16-14(3-2-5-21-16)17(23)22-11-18(12-22)9-13(4-8-25-18)26-15-10-19-6-7-20-15/h2-3,5-7,10,13H,4,8-9,11-12H2,1H3. The van der Waals surface area contributed by atoms with E-state index in [2.05, 4.69) is 15.0 Å². The Bertz CT molecular complexity index is 780. The second-order valence-electron chi connectivity index (χ2n) is 6.53. The highest BCUT2D eigenvalue weighted by molar-refractivity contribution is 5.97. The van der Waals surface area contributed by atoms with E-state index in [0.717, 1.165) is 12.8 Å². The van der Waals surface area contributed by atoms with Crippen molar-refractivity contribution in [1.82, 2.24) is 19.9 Å². The van der Waals surface area contributed by atoms with E-state index >= 15 is 0 Å². The van der Waals surface area contributed by atoms with E-state index in [1.54, 1.807) is 41.8 Å². The Hall–Kier alpha value is -2.74. The summed E-state index contributed by atoms with van der Waals surface area (Å²) in [5.74, 6) is 0.759. The predicted molar refractivity (Wildman–Crippen MR) is 91.1 cm³/mol. The van der Waals surface area contributed by atoms with Gasteiger partial charge in [-0.3, -0.25) is 9.78 Å². The summed E-state index contributed by atoms with van der Waals surface area (Å²) >= 11 is 0. The Labute approximate surface area is 151 Å². The van der Waals surface area contributed by atoms with Gasteiger partial charge in [0, 0.05) is 31.4 Å². The molecule has 2 aromatic heterocycles. The van der Waals surface area contributed by atoms with E-state index in [1.807, 2.05) is 0 Å². The molecule has 26 heavy (non-hydrogen) atoms. The van der Waals surface area contributed by atoms with Crippen LogP contribution >= 0.6 is 0 Å². The molecule has 1 unspecified atom stereocenters. The molecule has 0 bridgehead atoms. The Kier molecular flexibility index (Phi) is 4.42. The molecule has 1 amide bonds. The molecule has 4 rings (SSSR count). The maximum absolute atomic E-state index is 12.7. The molecule has 0 aromatic carbocycles. The highest BCUT2D eigenvalue weighted by atomic mass is 16.5. The molecular formula is C18H20N4O4. The van der Waals surface area contributed by atoms with E-state index in [9.17, 15) is 4.79 Å². The molecule has 0 saturated carbocycles. The zero-order valence-corrected chi connectivity index (χ0v) is 14.5. The topological polar surface area (TPSA) is 86.7 Å². The number of amides is 1. The maximum atomic E-state index is 12.7. The van der Waals surface area contributed by atoms with Gasteiger partial charge in [0.05, 0.1) is 33.0 Å². The SMILES string of the molecule is COc1ncccc1C(=O)N1CC2(CC(Oc3cnccn3)CCO2)C1. The number of nitrogens with zero attached hydrogens (tertiary/aromatic N) is 4. The number of ether oxygens (including phenoxy) is 3. The van der Waals surface area contributed by atoms with Crippen LogP contribution in [0.1, 0.15) is 23.2 Å². The van der Waals surface area contributed by atoms with Gasteiger partial charge in [0.1, 0.15) is 17.3 Å². The first kappa shape index (κ1) is 16.7. The summed E-state index contributed by atoms with van der Waals surface area (Å²) in [5.41, 5.74) is 0.115. The van der Waals surface area contributed by atoms with Crippen LogP contribution in [0, 0.1) is 0 Å². The van der Waals surface area contributed by atoms with Crippen LogP contribution in [0.3, 0.4) is 0 Å². The van der Waals surface area contributed by atoms with Gasteiger partial charge >= 0.3 is 0 Å². The monoisotopic (exact) mass is 356 g/mol. The lowest BCUT2D eigenvalue weighted by molar-refractivity contribution is -0.174. The summed E-state index contributed by atoms with van der Waals surface area (Å²) in [6, 6.07) is 3.45. The van der Waals surface area contributed by atoms with E-state index < -0.39 is 0 Å². The second kappa shape index (κ2) is 6.87. The lowest BCUT2D eigenvalue weighted by Crippen LogP contribution is -2.67. The summed E-state index contributed by atoms with van der Waals surface area (Å²) in [4.78, 5) is 26.7. The van der Waals surface area contributed by atoms with Crippen molar-refractivity contribution in [3.63, 3.8) is 0 Å². The molecule has 136 valence electrons. The van der Waals surface area contributed by atoms with Crippen LogP contribution < -0.4 is 9.47 Å². The minimum atomic E-state index is -0.351. The number of hydrogen-bond donors (Lipinski definition) is 0. The average molecular weight is 356 g/mol. The maximum Gasteiger partial charge on any atom is 0.259 e. The molecule has 2 aliphatic rings. The van der Waals surface area contributed by atoms with Crippen molar-refractivity contribution in [2.45, 2.75) is 24.5 Å². The van der Waals surface area contributed by atoms with Crippen LogP contribution in [0.15, 0.2) is 36.9 Å². The van der Waals surface area contributed by atoms with Crippen LogP contribution in [-0.4, -0.2) is 64.3 Å². The first-order valence-electron chi connectivity index (χ1n) is 8.54. The summed E-state index contributed by atoms with van der Waals surface area (Å²) in [6.07, 6.45) is 7.95. The lowest BCUT2D eigenvalue weighted by Gasteiger charge is -2.52. The van der Waals surface area contributed by atoms with Gasteiger partial charge in [-0.1, -0.05) is 0 Å². The minimum Gasteiger partial charge on any atom is -0.480 e. The van der Waals surface area contributed by atoms with Crippen LogP contribution in [-0.2, 0) is 4.74 Å². The van der Waals surface area contributed by atoms with E-state index in [4.69, 9.17) is 14.2 Å². The number of pyridine rings is 1. The van der Waals surface area contributed by atoms with Gasteiger partial charge in [-0.05, 0) is 12.1 Å². The molecular weight excluding hydrogens is 336 g/mol. The Morgan fingerprint density at radius 2 is 2.19 bits per heavy atom. The third-order valence-corrected chi connectivity index (χ3v) is 4.71. The third-order valence-electron chi connectivity index (χ3n) is 4.71. The molecule has 1 spiro atoms. The molecule has 0 radical (unpaired) electrons. The molecule has 4 heterocycles. The Morgan fingerprint density at radius 3 is 2.96 bits per heavy atom. The van der Waals surface area contributed by atoms with Gasteiger partial charge in [-0.2, -0.15) is 0 Å². The molecule has 0 N–H and O–H groups in total. The molecule has 2 aromatic rings. The summed E-state index contributed by atoms with van der Waals surface area (Å²) in [6.45, 7) is 1.66. The summed E-state index contributed by atoms with van der Waals surface area (Å²) in [7, 11) is 1.51. The Morgan fingerprint density at radius 1 is 1.31 bits per heavy atom. The van der Waals surface area contributed by atoms with Crippen molar-refractivity contribution in [3.8, 4) is 11.8 Å². The van der Waals surface area contributed by atoms with Crippen molar-refractivity contribution in [2.75, 3.05) is 26.8 Å². The smallest absolute Gasteiger partial charge is 0.259 e. The van der Waals surface area contributed by atoms with Gasteiger partial charge in [0.2, 0.25) is 11.8 Å². The third kappa shape index (κ3) is 3.20. The van der Waals surface area contributed by atoms with Crippen molar-refractivity contribution < 1.29 is 19.0 Å². The first-order chi connectivity index (χ1) is 12.7. The molecule has 8 nitrogen and oxygen atoms in total. The fourth-order valence-corrected chi connectivity index (χ4v) is 3.50. The number of hydrogen-bond acceptors (Lipinski definition) is 7. The molecule has 8 heteroatoms. The number of carbonyl (C=O) groups excluding carboxylic acids is 1. The Balaban J connectivity index is 1.39. The number of carbonyl (C=O) groups is 1. The highest BCUT2D eigenvalue weighted by Crippen LogP contribution is 2.36. The molecule has 1 atom stereocenters. The number of aromatic nitrogens is 3. The van der Waals surface area contributed by atoms with E-state index in [-0.39, 0.29) is 17.6 Å². The summed E-state index contributed by atoms with van der Waals surface area (Å²) < 4.78 is 17.1. The predicted octanol–water partition coefficient (Wildman–Crippen LogP) is 1.33. The van der Waals surface area contributed by atoms with Crippen molar-refractivity contribution in [3.05, 3.63) is 42.5 Å². The second-order valence-corrected chi connectivity index (χ2v) is 6.53. The fraction of sp³-hybridized carbons (Fsp3) is 0.444. The van der Waals surface area contributed by atoms with Gasteiger partial charge < -0.3 is 19.1 Å². The van der Waals surface area contributed by atoms with Crippen LogP contribution in [0.25, 0.3) is 0 Å². The van der Waals surface area contributed by atoms with Crippen molar-refractivity contribution in [1.29, 1.82) is 0 Å².